The Morgan fingerprint density at radius 2 is 2.14 bits per heavy atom. The number of hydrogen-bond acceptors (Lipinski definition) is 6. The molecule has 1 aliphatic rings. The van der Waals surface area contributed by atoms with Gasteiger partial charge in [-0.2, -0.15) is 0 Å². The van der Waals surface area contributed by atoms with E-state index in [-0.39, 0.29) is 5.82 Å². The number of nitrogens with two attached hydrogens (primary N) is 2. The van der Waals surface area contributed by atoms with E-state index in [0.717, 1.165) is 4.91 Å². The van der Waals surface area contributed by atoms with Crippen LogP contribution in [0.5, 0.6) is 0 Å². The molecule has 1 atom stereocenters. The first-order chi connectivity index (χ1) is 9.98. The van der Waals surface area contributed by atoms with Crippen molar-refractivity contribution in [1.82, 2.24) is 4.98 Å². The molecule has 0 amide bonds. The molecule has 0 bridgehead atoms. The van der Waals surface area contributed by atoms with E-state index < -0.39 is 5.54 Å². The average molecular weight is 304 g/mol. The Morgan fingerprint density at radius 1 is 1.33 bits per heavy atom. The molecular formula is C14H13FN4OS. The van der Waals surface area contributed by atoms with Crippen molar-refractivity contribution in [3.63, 3.8) is 0 Å². The molecule has 1 aromatic heterocycles. The van der Waals surface area contributed by atoms with E-state index in [1.165, 1.54) is 30.3 Å². The number of aliphatic imine (C=N–C) groups is 1. The Labute approximate surface area is 124 Å². The van der Waals surface area contributed by atoms with Crippen molar-refractivity contribution in [2.24, 2.45) is 10.7 Å². The molecule has 2 aromatic rings. The number of anilines is 1. The van der Waals surface area contributed by atoms with E-state index in [2.05, 4.69) is 9.98 Å². The van der Waals surface area contributed by atoms with E-state index in [4.69, 9.17) is 15.9 Å². The van der Waals surface area contributed by atoms with Crippen LogP contribution in [0.3, 0.4) is 0 Å². The number of rotatable bonds is 2. The second-order valence-corrected chi connectivity index (χ2v) is 5.88. The normalized spacial score (nSPS) is 21.8. The van der Waals surface area contributed by atoms with Gasteiger partial charge in [0.1, 0.15) is 11.4 Å². The topological polar surface area (TPSA) is 90.4 Å². The second kappa shape index (κ2) is 4.92. The fourth-order valence-corrected chi connectivity index (χ4v) is 3.16. The SMILES string of the molecule is C[C@@]1(c2cc(N)ccc2F)C=C(c2cnco2)SC(N)=N1. The summed E-state index contributed by atoms with van der Waals surface area (Å²) in [5.41, 5.74) is 11.5. The number of halogens is 1. The van der Waals surface area contributed by atoms with Gasteiger partial charge in [0.25, 0.3) is 0 Å². The van der Waals surface area contributed by atoms with Crippen LogP contribution in [0.4, 0.5) is 10.1 Å². The summed E-state index contributed by atoms with van der Waals surface area (Å²) in [7, 11) is 0. The summed E-state index contributed by atoms with van der Waals surface area (Å²) in [4.78, 5) is 8.99. The molecule has 21 heavy (non-hydrogen) atoms. The first-order valence-corrected chi connectivity index (χ1v) is 7.00. The minimum atomic E-state index is -0.947. The quantitative estimate of drug-likeness (QED) is 0.832. The fraction of sp³-hybridized carbons (Fsp3) is 0.143. The van der Waals surface area contributed by atoms with Gasteiger partial charge in [-0.1, -0.05) is 0 Å². The van der Waals surface area contributed by atoms with Crippen LogP contribution in [0.25, 0.3) is 4.91 Å². The van der Waals surface area contributed by atoms with Crippen LogP contribution in [0.15, 0.2) is 46.3 Å². The Bertz CT molecular complexity index is 741. The molecule has 0 fully saturated rings. The van der Waals surface area contributed by atoms with Gasteiger partial charge < -0.3 is 15.9 Å². The summed E-state index contributed by atoms with van der Waals surface area (Å²) in [6, 6.07) is 4.40. The highest BCUT2D eigenvalue weighted by Crippen LogP contribution is 2.41. The zero-order valence-corrected chi connectivity index (χ0v) is 12.0. The van der Waals surface area contributed by atoms with Crippen LogP contribution in [0.1, 0.15) is 18.2 Å². The lowest BCUT2D eigenvalue weighted by atomic mass is 9.91. The lowest BCUT2D eigenvalue weighted by molar-refractivity contribution is 0.536. The number of nitrogen functional groups attached to an aromatic ring is 1. The Hall–Kier alpha value is -2.28. The summed E-state index contributed by atoms with van der Waals surface area (Å²) < 4.78 is 19.4. The summed E-state index contributed by atoms with van der Waals surface area (Å²) >= 11 is 1.25. The van der Waals surface area contributed by atoms with Gasteiger partial charge in [-0.25, -0.2) is 14.4 Å². The molecule has 0 unspecified atom stereocenters. The molecule has 1 aliphatic heterocycles. The number of benzene rings is 1. The standard InChI is InChI=1S/C14H13FN4OS/c1-14(9-4-8(16)2-3-10(9)15)5-12(21-13(17)19-14)11-6-18-7-20-11/h2-7H,16H2,1H3,(H2,17,19)/t14-/m0/s1. The van der Waals surface area contributed by atoms with Crippen molar-refractivity contribution in [2.45, 2.75) is 12.5 Å². The minimum Gasteiger partial charge on any atom is -0.443 e. The Morgan fingerprint density at radius 3 is 2.86 bits per heavy atom. The molecule has 0 saturated heterocycles. The van der Waals surface area contributed by atoms with E-state index in [0.29, 0.717) is 22.2 Å². The van der Waals surface area contributed by atoms with Crippen molar-refractivity contribution >= 4 is 27.5 Å². The molecule has 0 radical (unpaired) electrons. The third-order valence-electron chi connectivity index (χ3n) is 3.18. The minimum absolute atomic E-state index is 0.327. The lowest BCUT2D eigenvalue weighted by Gasteiger charge is -2.27. The number of nitrogens with zero attached hydrogens (tertiary/aromatic N) is 2. The van der Waals surface area contributed by atoms with Crippen molar-refractivity contribution in [3.8, 4) is 0 Å². The molecular weight excluding hydrogens is 291 g/mol. The third-order valence-corrected chi connectivity index (χ3v) is 4.02. The van der Waals surface area contributed by atoms with Crippen molar-refractivity contribution in [3.05, 3.63) is 54.0 Å². The predicted octanol–water partition coefficient (Wildman–Crippen LogP) is 2.71. The number of hydrogen-bond donors (Lipinski definition) is 2. The smallest absolute Gasteiger partial charge is 0.181 e. The van der Waals surface area contributed by atoms with Crippen LogP contribution < -0.4 is 11.5 Å². The van der Waals surface area contributed by atoms with Crippen molar-refractivity contribution in [2.75, 3.05) is 5.73 Å². The van der Waals surface area contributed by atoms with E-state index in [1.807, 2.05) is 0 Å². The van der Waals surface area contributed by atoms with Gasteiger partial charge in [0, 0.05) is 11.3 Å². The highest BCUT2D eigenvalue weighted by molar-refractivity contribution is 8.21. The lowest BCUT2D eigenvalue weighted by Crippen LogP contribution is -2.26. The summed E-state index contributed by atoms with van der Waals surface area (Å²) in [6.07, 6.45) is 4.71. The van der Waals surface area contributed by atoms with Gasteiger partial charge in [-0.05, 0) is 43.0 Å². The molecule has 0 saturated carbocycles. The first kappa shape index (κ1) is 13.7. The number of thioether (sulfide) groups is 1. The first-order valence-electron chi connectivity index (χ1n) is 6.18. The summed E-state index contributed by atoms with van der Waals surface area (Å²) in [5.74, 6) is 0.178. The van der Waals surface area contributed by atoms with Crippen LogP contribution in [-0.4, -0.2) is 10.2 Å². The fourth-order valence-electron chi connectivity index (χ4n) is 2.21. The molecule has 7 heteroatoms. The van der Waals surface area contributed by atoms with Gasteiger partial charge in [0.05, 0.1) is 11.1 Å². The van der Waals surface area contributed by atoms with Crippen LogP contribution in [0.2, 0.25) is 0 Å². The maximum Gasteiger partial charge on any atom is 0.181 e. The second-order valence-electron chi connectivity index (χ2n) is 4.81. The van der Waals surface area contributed by atoms with Crippen molar-refractivity contribution in [1.29, 1.82) is 0 Å². The monoisotopic (exact) mass is 304 g/mol. The molecule has 0 spiro atoms. The van der Waals surface area contributed by atoms with Gasteiger partial charge in [0.15, 0.2) is 17.3 Å². The number of aromatic nitrogens is 1. The van der Waals surface area contributed by atoms with Crippen LogP contribution >= 0.6 is 11.8 Å². The maximum atomic E-state index is 14.2. The van der Waals surface area contributed by atoms with Crippen LogP contribution in [0, 0.1) is 5.82 Å². The van der Waals surface area contributed by atoms with E-state index >= 15 is 0 Å². The maximum absolute atomic E-state index is 14.2. The average Bonchev–Trinajstić information content (AvgIpc) is 2.94. The Balaban J connectivity index is 2.14. The number of oxazole rings is 1. The zero-order chi connectivity index (χ0) is 15.0. The summed E-state index contributed by atoms with van der Waals surface area (Å²) in [5, 5.41) is 0.327. The van der Waals surface area contributed by atoms with Crippen LogP contribution in [-0.2, 0) is 5.54 Å². The summed E-state index contributed by atoms with van der Waals surface area (Å²) in [6.45, 7) is 1.77. The predicted molar refractivity (Wildman–Crippen MR) is 81.9 cm³/mol. The van der Waals surface area contributed by atoms with Gasteiger partial charge in [-0.3, -0.25) is 0 Å². The van der Waals surface area contributed by atoms with Gasteiger partial charge in [-0.15, -0.1) is 0 Å². The van der Waals surface area contributed by atoms with Gasteiger partial charge in [0.2, 0.25) is 0 Å². The highest BCUT2D eigenvalue weighted by atomic mass is 32.2. The van der Waals surface area contributed by atoms with Gasteiger partial charge >= 0.3 is 0 Å². The molecule has 0 aliphatic carbocycles. The molecule has 108 valence electrons. The third kappa shape index (κ3) is 2.52. The molecule has 1 aromatic carbocycles. The van der Waals surface area contributed by atoms with Crippen molar-refractivity contribution < 1.29 is 8.81 Å². The highest BCUT2D eigenvalue weighted by Gasteiger charge is 2.32. The van der Waals surface area contributed by atoms with E-state index in [1.54, 1.807) is 25.3 Å². The molecule has 4 N–H and O–H groups in total. The molecule has 2 heterocycles. The zero-order valence-electron chi connectivity index (χ0n) is 11.2. The molecule has 5 nitrogen and oxygen atoms in total. The van der Waals surface area contributed by atoms with E-state index in [9.17, 15) is 4.39 Å². The molecule has 3 rings (SSSR count). The largest absolute Gasteiger partial charge is 0.443 e. The number of amidine groups is 1. The Kier molecular flexibility index (Phi) is 3.21.